The molecule has 0 heterocycles. The number of methoxy groups -OCH3 is 1. The first-order chi connectivity index (χ1) is 15.1. The molecule has 1 fully saturated rings. The van der Waals surface area contributed by atoms with Crippen LogP contribution in [-0.4, -0.2) is 18.7 Å². The molecule has 3 aromatic carbocycles. The van der Waals surface area contributed by atoms with E-state index in [4.69, 9.17) is 4.74 Å². The quantitative estimate of drug-likeness (QED) is 0.553. The zero-order chi connectivity index (χ0) is 21.4. The van der Waals surface area contributed by atoms with E-state index in [0.29, 0.717) is 12.8 Å². The number of carbonyl (C=O) groups is 2. The number of fused-ring (bicyclic) bond motifs is 1. The molecule has 3 heteroatoms. The van der Waals surface area contributed by atoms with Gasteiger partial charge in [0, 0.05) is 35.7 Å². The van der Waals surface area contributed by atoms with Crippen LogP contribution in [0.25, 0.3) is 0 Å². The third-order valence-corrected chi connectivity index (χ3v) is 7.32. The fourth-order valence-corrected chi connectivity index (χ4v) is 5.83. The van der Waals surface area contributed by atoms with Crippen LogP contribution in [0.15, 0.2) is 78.9 Å². The smallest absolute Gasteiger partial charge is 0.170 e. The topological polar surface area (TPSA) is 43.4 Å². The van der Waals surface area contributed by atoms with Crippen LogP contribution in [0.4, 0.5) is 0 Å². The summed E-state index contributed by atoms with van der Waals surface area (Å²) in [6.45, 7) is 0. The van der Waals surface area contributed by atoms with Crippen LogP contribution >= 0.6 is 0 Å². The second-order valence-corrected chi connectivity index (χ2v) is 8.76. The number of Topliss-reactive ketones (excluding diaryl/α,β-unsaturated/α-hetero) is 2. The Bertz CT molecular complexity index is 1120. The molecule has 0 aromatic heterocycles. The molecule has 0 N–H and O–H groups in total. The van der Waals surface area contributed by atoms with Crippen LogP contribution < -0.4 is 4.74 Å². The fraction of sp³-hybridized carbons (Fsp3) is 0.286. The number of benzene rings is 3. The van der Waals surface area contributed by atoms with Crippen molar-refractivity contribution in [3.8, 4) is 5.75 Å². The molecule has 0 amide bonds. The standard InChI is InChI=1S/C28H26O3/c1-31-23-13-11-21(12-14-23)26-18-22(29)17-25(20-8-3-2-4-9-20)28(26)16-15-19-7-5-6-10-24(19)27(28)30/h2-14,25-26H,15-18H2,1H3. The molecule has 1 saturated carbocycles. The average Bonchev–Trinajstić information content (AvgIpc) is 2.83. The largest absolute Gasteiger partial charge is 0.497 e. The number of hydrogen-bond donors (Lipinski definition) is 0. The molecule has 3 unspecified atom stereocenters. The molecule has 31 heavy (non-hydrogen) atoms. The van der Waals surface area contributed by atoms with Crippen LogP contribution in [0, 0.1) is 5.41 Å². The van der Waals surface area contributed by atoms with Gasteiger partial charge in [-0.05, 0) is 41.7 Å². The molecule has 5 rings (SSSR count). The average molecular weight is 411 g/mol. The number of ether oxygens (including phenoxy) is 1. The fourth-order valence-electron chi connectivity index (χ4n) is 5.83. The maximum atomic E-state index is 14.3. The minimum Gasteiger partial charge on any atom is -0.497 e. The molecular weight excluding hydrogens is 384 g/mol. The normalized spacial score (nSPS) is 25.3. The van der Waals surface area contributed by atoms with Crippen molar-refractivity contribution in [2.75, 3.05) is 7.11 Å². The zero-order valence-corrected chi connectivity index (χ0v) is 17.7. The van der Waals surface area contributed by atoms with Crippen molar-refractivity contribution in [2.24, 2.45) is 5.41 Å². The first-order valence-corrected chi connectivity index (χ1v) is 11.0. The van der Waals surface area contributed by atoms with E-state index in [9.17, 15) is 9.59 Å². The lowest BCUT2D eigenvalue weighted by Gasteiger charge is -2.50. The van der Waals surface area contributed by atoms with E-state index in [1.165, 1.54) is 0 Å². The maximum Gasteiger partial charge on any atom is 0.170 e. The van der Waals surface area contributed by atoms with E-state index in [0.717, 1.165) is 40.8 Å². The highest BCUT2D eigenvalue weighted by Crippen LogP contribution is 2.59. The molecule has 1 spiro atoms. The van der Waals surface area contributed by atoms with E-state index in [1.54, 1.807) is 7.11 Å². The summed E-state index contributed by atoms with van der Waals surface area (Å²) in [5.74, 6) is 0.928. The zero-order valence-electron chi connectivity index (χ0n) is 17.7. The van der Waals surface area contributed by atoms with Crippen molar-refractivity contribution >= 4 is 11.6 Å². The molecule has 0 aliphatic heterocycles. The van der Waals surface area contributed by atoms with Gasteiger partial charge in [-0.3, -0.25) is 9.59 Å². The van der Waals surface area contributed by atoms with Crippen molar-refractivity contribution in [1.82, 2.24) is 0 Å². The third kappa shape index (κ3) is 3.20. The van der Waals surface area contributed by atoms with E-state index in [1.807, 2.05) is 60.7 Å². The minimum absolute atomic E-state index is 0.122. The van der Waals surface area contributed by atoms with E-state index < -0.39 is 5.41 Å². The van der Waals surface area contributed by atoms with Gasteiger partial charge in [0.05, 0.1) is 7.11 Å². The van der Waals surface area contributed by atoms with Gasteiger partial charge in [-0.1, -0.05) is 66.7 Å². The van der Waals surface area contributed by atoms with Gasteiger partial charge in [0.2, 0.25) is 0 Å². The Morgan fingerprint density at radius 2 is 1.39 bits per heavy atom. The Kier molecular flexibility index (Phi) is 4.97. The van der Waals surface area contributed by atoms with Gasteiger partial charge in [0.25, 0.3) is 0 Å². The molecule has 156 valence electrons. The molecule has 0 bridgehead atoms. The summed E-state index contributed by atoms with van der Waals surface area (Å²) in [5.41, 5.74) is 3.44. The van der Waals surface area contributed by atoms with Gasteiger partial charge >= 0.3 is 0 Å². The molecule has 3 atom stereocenters. The Balaban J connectivity index is 1.70. The Hall–Kier alpha value is -3.20. The summed E-state index contributed by atoms with van der Waals surface area (Å²) >= 11 is 0. The number of hydrogen-bond acceptors (Lipinski definition) is 3. The van der Waals surface area contributed by atoms with Crippen molar-refractivity contribution in [2.45, 2.75) is 37.5 Å². The van der Waals surface area contributed by atoms with Gasteiger partial charge in [-0.15, -0.1) is 0 Å². The van der Waals surface area contributed by atoms with Gasteiger partial charge in [-0.2, -0.15) is 0 Å². The second-order valence-electron chi connectivity index (χ2n) is 8.76. The summed E-state index contributed by atoms with van der Waals surface area (Å²) < 4.78 is 5.34. The van der Waals surface area contributed by atoms with Crippen molar-refractivity contribution in [1.29, 1.82) is 0 Å². The monoisotopic (exact) mass is 410 g/mol. The molecule has 0 radical (unpaired) electrons. The summed E-state index contributed by atoms with van der Waals surface area (Å²) in [7, 11) is 1.65. The molecule has 2 aliphatic carbocycles. The lowest BCUT2D eigenvalue weighted by atomic mass is 9.50. The molecule has 3 nitrogen and oxygen atoms in total. The summed E-state index contributed by atoms with van der Waals surface area (Å²) in [6.07, 6.45) is 2.44. The SMILES string of the molecule is COc1ccc(C2CC(=O)CC(c3ccccc3)C23CCc2ccccc2C3=O)cc1. The lowest BCUT2D eigenvalue weighted by molar-refractivity contribution is -0.123. The van der Waals surface area contributed by atoms with Crippen LogP contribution in [0.3, 0.4) is 0 Å². The molecular formula is C28H26O3. The van der Waals surface area contributed by atoms with Crippen molar-refractivity contribution in [3.63, 3.8) is 0 Å². The highest BCUT2D eigenvalue weighted by atomic mass is 16.5. The van der Waals surface area contributed by atoms with E-state index in [2.05, 4.69) is 18.2 Å². The lowest BCUT2D eigenvalue weighted by Crippen LogP contribution is -2.49. The van der Waals surface area contributed by atoms with Gasteiger partial charge < -0.3 is 4.74 Å². The van der Waals surface area contributed by atoms with Crippen LogP contribution in [0.1, 0.15) is 58.1 Å². The Labute approximate surface area is 183 Å². The van der Waals surface area contributed by atoms with Gasteiger partial charge in [-0.25, -0.2) is 0 Å². The van der Waals surface area contributed by atoms with Crippen LogP contribution in [0.5, 0.6) is 5.75 Å². The summed E-state index contributed by atoms with van der Waals surface area (Å²) in [4.78, 5) is 27.3. The van der Waals surface area contributed by atoms with E-state index >= 15 is 0 Å². The Morgan fingerprint density at radius 1 is 0.774 bits per heavy atom. The third-order valence-electron chi connectivity index (χ3n) is 7.32. The second kappa shape index (κ2) is 7.81. The highest BCUT2D eigenvalue weighted by molar-refractivity contribution is 6.05. The number of ketones is 2. The highest BCUT2D eigenvalue weighted by Gasteiger charge is 2.57. The van der Waals surface area contributed by atoms with Crippen LogP contribution in [-0.2, 0) is 11.2 Å². The summed E-state index contributed by atoms with van der Waals surface area (Å²) in [5, 5.41) is 0. The van der Waals surface area contributed by atoms with Crippen molar-refractivity contribution in [3.05, 3.63) is 101 Å². The van der Waals surface area contributed by atoms with Gasteiger partial charge in [0.15, 0.2) is 5.78 Å². The first kappa shape index (κ1) is 19.7. The summed E-state index contributed by atoms with van der Waals surface area (Å²) in [6, 6.07) is 26.0. The predicted molar refractivity (Wildman–Crippen MR) is 121 cm³/mol. The number of rotatable bonds is 3. The minimum atomic E-state index is -0.627. The Morgan fingerprint density at radius 3 is 2.06 bits per heavy atom. The molecule has 0 saturated heterocycles. The molecule has 2 aliphatic rings. The molecule has 3 aromatic rings. The first-order valence-electron chi connectivity index (χ1n) is 11.0. The van der Waals surface area contributed by atoms with Crippen molar-refractivity contribution < 1.29 is 14.3 Å². The van der Waals surface area contributed by atoms with Gasteiger partial charge in [0.1, 0.15) is 11.5 Å². The number of aryl methyl sites for hydroxylation is 1. The maximum absolute atomic E-state index is 14.3. The number of carbonyl (C=O) groups excluding carboxylic acids is 2. The predicted octanol–water partition coefficient (Wildman–Crippen LogP) is 5.74. The van der Waals surface area contributed by atoms with Crippen LogP contribution in [0.2, 0.25) is 0 Å². The van der Waals surface area contributed by atoms with E-state index in [-0.39, 0.29) is 23.4 Å².